The Hall–Kier alpha value is -2.85. The number of nitro benzene ring substituents is 1. The van der Waals surface area contributed by atoms with Gasteiger partial charge in [-0.05, 0) is 30.6 Å². The smallest absolute Gasteiger partial charge is 0.271 e. The zero-order chi connectivity index (χ0) is 18.0. The molecule has 0 saturated carbocycles. The molecule has 2 N–H and O–H groups in total. The molecule has 2 heterocycles. The van der Waals surface area contributed by atoms with E-state index in [1.54, 1.807) is 0 Å². The molecule has 2 aromatic heterocycles. The van der Waals surface area contributed by atoms with Crippen LogP contribution in [0.15, 0.2) is 30.5 Å². The summed E-state index contributed by atoms with van der Waals surface area (Å²) in [6.07, 6.45) is 1.34. The van der Waals surface area contributed by atoms with Crippen LogP contribution in [-0.4, -0.2) is 19.3 Å². The first-order valence-corrected chi connectivity index (χ1v) is 8.01. The Morgan fingerprint density at radius 3 is 2.80 bits per heavy atom. The van der Waals surface area contributed by atoms with Gasteiger partial charge in [0.1, 0.15) is 15.8 Å². The van der Waals surface area contributed by atoms with E-state index in [1.807, 2.05) is 13.0 Å². The summed E-state index contributed by atoms with van der Waals surface area (Å²) in [7, 11) is 0. The van der Waals surface area contributed by atoms with Crippen LogP contribution in [0.2, 0.25) is 5.02 Å². The Balaban J connectivity index is 1.88. The van der Waals surface area contributed by atoms with Crippen LogP contribution in [0.4, 0.5) is 32.5 Å². The van der Waals surface area contributed by atoms with Crippen molar-refractivity contribution >= 4 is 51.3 Å². The van der Waals surface area contributed by atoms with Crippen LogP contribution >= 0.6 is 23.1 Å². The van der Waals surface area contributed by atoms with Gasteiger partial charge in [0.25, 0.3) is 5.69 Å². The highest BCUT2D eigenvalue weighted by molar-refractivity contribution is 7.10. The Morgan fingerprint density at radius 2 is 2.12 bits per heavy atom. The number of hydrogen-bond donors (Lipinski definition) is 2. The van der Waals surface area contributed by atoms with Gasteiger partial charge in [0, 0.05) is 12.1 Å². The molecule has 0 aliphatic rings. The summed E-state index contributed by atoms with van der Waals surface area (Å²) in [5.41, 5.74) is 0.473. The first-order valence-electron chi connectivity index (χ1n) is 6.86. The van der Waals surface area contributed by atoms with E-state index in [9.17, 15) is 14.5 Å². The zero-order valence-corrected chi connectivity index (χ0v) is 14.2. The summed E-state index contributed by atoms with van der Waals surface area (Å²) < 4.78 is 18.0. The summed E-state index contributed by atoms with van der Waals surface area (Å²) in [6, 6.07) is 4.94. The van der Waals surface area contributed by atoms with Crippen LogP contribution in [0.5, 0.6) is 0 Å². The number of aromatic nitrogens is 3. The molecule has 0 fully saturated rings. The van der Waals surface area contributed by atoms with E-state index in [0.29, 0.717) is 0 Å². The number of hydrogen-bond acceptors (Lipinski definition) is 8. The minimum absolute atomic E-state index is 0.111. The summed E-state index contributed by atoms with van der Waals surface area (Å²) in [5.74, 6) is -0.339. The van der Waals surface area contributed by atoms with Crippen molar-refractivity contribution in [3.8, 4) is 0 Å². The van der Waals surface area contributed by atoms with Crippen LogP contribution in [0.1, 0.15) is 5.69 Å². The van der Waals surface area contributed by atoms with Crippen LogP contribution in [-0.2, 0) is 0 Å². The van der Waals surface area contributed by atoms with Crippen LogP contribution in [0.25, 0.3) is 0 Å². The lowest BCUT2D eigenvalue weighted by Crippen LogP contribution is -2.02. The molecule has 0 aliphatic carbocycles. The van der Waals surface area contributed by atoms with E-state index in [-0.39, 0.29) is 28.2 Å². The molecule has 3 aromatic rings. The van der Waals surface area contributed by atoms with E-state index in [1.165, 1.54) is 17.7 Å². The Bertz CT molecular complexity index is 951. The average molecular weight is 381 g/mol. The summed E-state index contributed by atoms with van der Waals surface area (Å²) in [5, 5.41) is 17.3. The van der Waals surface area contributed by atoms with Crippen molar-refractivity contribution in [1.82, 2.24) is 14.3 Å². The van der Waals surface area contributed by atoms with Crippen molar-refractivity contribution < 1.29 is 9.31 Å². The van der Waals surface area contributed by atoms with Crippen LogP contribution in [0, 0.1) is 22.9 Å². The SMILES string of the molecule is Cc1cc(Nc2ncc(Cl)c(Nc3cc([N+](=O)[O-])ccc3F)n2)sn1. The maximum Gasteiger partial charge on any atom is 0.271 e. The van der Waals surface area contributed by atoms with Gasteiger partial charge in [-0.3, -0.25) is 10.1 Å². The summed E-state index contributed by atoms with van der Waals surface area (Å²) in [6.45, 7) is 1.85. The standard InChI is InChI=1S/C14H10ClFN6O2S/c1-7-4-12(25-21-7)19-14-17-6-9(15)13(20-14)18-11-5-8(22(23)24)2-3-10(11)16/h2-6H,1H3,(H2,17,18,19,20). The third-order valence-corrected chi connectivity index (χ3v) is 4.09. The normalized spacial score (nSPS) is 10.5. The number of non-ortho nitro benzene ring substituents is 1. The largest absolute Gasteiger partial charge is 0.336 e. The Kier molecular flexibility index (Phi) is 4.72. The van der Waals surface area contributed by atoms with Crippen molar-refractivity contribution in [3.05, 3.63) is 57.1 Å². The lowest BCUT2D eigenvalue weighted by Gasteiger charge is -2.10. The molecule has 8 nitrogen and oxygen atoms in total. The Morgan fingerprint density at radius 1 is 1.32 bits per heavy atom. The molecule has 1 aromatic carbocycles. The van der Waals surface area contributed by atoms with Gasteiger partial charge in [-0.2, -0.15) is 9.36 Å². The van der Waals surface area contributed by atoms with Gasteiger partial charge in [0.2, 0.25) is 5.95 Å². The van der Waals surface area contributed by atoms with Crippen molar-refractivity contribution in [2.45, 2.75) is 6.92 Å². The molecular weight excluding hydrogens is 371 g/mol. The molecule has 0 aliphatic heterocycles. The van der Waals surface area contributed by atoms with Gasteiger partial charge in [-0.1, -0.05) is 11.6 Å². The molecule has 11 heteroatoms. The fraction of sp³-hybridized carbons (Fsp3) is 0.0714. The number of nitrogens with one attached hydrogen (secondary N) is 2. The second kappa shape index (κ2) is 6.95. The number of nitrogens with zero attached hydrogens (tertiary/aromatic N) is 4. The first kappa shape index (κ1) is 17.0. The number of aryl methyl sites for hydroxylation is 1. The van der Waals surface area contributed by atoms with E-state index >= 15 is 0 Å². The molecule has 3 rings (SSSR count). The van der Waals surface area contributed by atoms with Crippen molar-refractivity contribution in [3.63, 3.8) is 0 Å². The van der Waals surface area contributed by atoms with Gasteiger partial charge in [0.15, 0.2) is 5.82 Å². The second-order valence-electron chi connectivity index (χ2n) is 4.89. The fourth-order valence-corrected chi connectivity index (χ4v) is 2.69. The molecular formula is C14H10ClFN6O2S. The molecule has 0 bridgehead atoms. The minimum Gasteiger partial charge on any atom is -0.336 e. The van der Waals surface area contributed by atoms with Gasteiger partial charge in [0.05, 0.1) is 22.5 Å². The monoisotopic (exact) mass is 380 g/mol. The number of nitro groups is 1. The minimum atomic E-state index is -0.673. The number of rotatable bonds is 5. The molecule has 0 unspecified atom stereocenters. The average Bonchev–Trinajstić information content (AvgIpc) is 2.97. The lowest BCUT2D eigenvalue weighted by atomic mass is 10.2. The summed E-state index contributed by atoms with van der Waals surface area (Å²) >= 11 is 7.26. The van der Waals surface area contributed by atoms with Crippen molar-refractivity contribution in [1.29, 1.82) is 0 Å². The molecule has 0 spiro atoms. The van der Waals surface area contributed by atoms with Crippen molar-refractivity contribution in [2.75, 3.05) is 10.6 Å². The number of anilines is 4. The highest BCUT2D eigenvalue weighted by atomic mass is 35.5. The molecule has 0 amide bonds. The highest BCUT2D eigenvalue weighted by Crippen LogP contribution is 2.29. The zero-order valence-electron chi connectivity index (χ0n) is 12.7. The predicted octanol–water partition coefficient (Wildman–Crippen LogP) is 4.43. The third-order valence-electron chi connectivity index (χ3n) is 3.02. The van der Waals surface area contributed by atoms with E-state index in [2.05, 4.69) is 25.0 Å². The quantitative estimate of drug-likeness (QED) is 0.498. The molecule has 0 radical (unpaired) electrons. The maximum atomic E-state index is 13.9. The number of halogens is 2. The van der Waals surface area contributed by atoms with E-state index in [0.717, 1.165) is 28.9 Å². The predicted molar refractivity (Wildman–Crippen MR) is 93.5 cm³/mol. The lowest BCUT2D eigenvalue weighted by molar-refractivity contribution is -0.384. The van der Waals surface area contributed by atoms with Crippen LogP contribution in [0.3, 0.4) is 0 Å². The third kappa shape index (κ3) is 3.98. The number of benzene rings is 1. The molecule has 0 atom stereocenters. The molecule has 25 heavy (non-hydrogen) atoms. The first-order chi connectivity index (χ1) is 11.9. The molecule has 128 valence electrons. The van der Waals surface area contributed by atoms with Crippen molar-refractivity contribution in [2.24, 2.45) is 0 Å². The summed E-state index contributed by atoms with van der Waals surface area (Å²) in [4.78, 5) is 18.4. The fourth-order valence-electron chi connectivity index (χ4n) is 1.90. The van der Waals surface area contributed by atoms with Gasteiger partial charge < -0.3 is 10.6 Å². The van der Waals surface area contributed by atoms with Gasteiger partial charge in [-0.15, -0.1) is 0 Å². The Labute approximate surface area is 150 Å². The molecule has 0 saturated heterocycles. The van der Waals surface area contributed by atoms with E-state index < -0.39 is 10.7 Å². The van der Waals surface area contributed by atoms with Crippen LogP contribution < -0.4 is 10.6 Å². The highest BCUT2D eigenvalue weighted by Gasteiger charge is 2.14. The van der Waals surface area contributed by atoms with Gasteiger partial charge in [-0.25, -0.2) is 9.37 Å². The van der Waals surface area contributed by atoms with Gasteiger partial charge >= 0.3 is 0 Å². The second-order valence-corrected chi connectivity index (χ2v) is 6.11. The maximum absolute atomic E-state index is 13.9. The topological polar surface area (TPSA) is 106 Å². The van der Waals surface area contributed by atoms with E-state index in [4.69, 9.17) is 11.6 Å².